The number of carbonyl (C=O) groups excluding carboxylic acids is 2. The maximum atomic E-state index is 11.7. The van der Waals surface area contributed by atoms with Crippen molar-refractivity contribution in [3.8, 4) is 0 Å². The fraction of sp³-hybridized carbons (Fsp3) is 0.696. The lowest BCUT2D eigenvalue weighted by molar-refractivity contribution is -0.150. The summed E-state index contributed by atoms with van der Waals surface area (Å²) in [4.78, 5) is 23.3. The third-order valence-electron chi connectivity index (χ3n) is 4.26. The van der Waals surface area contributed by atoms with Crippen LogP contribution in [0, 0.1) is 6.92 Å². The summed E-state index contributed by atoms with van der Waals surface area (Å²) in [5.74, 6) is -0.954. The molecule has 1 radical (unpaired) electrons. The number of rotatable bonds is 19. The van der Waals surface area contributed by atoms with E-state index >= 15 is 0 Å². The van der Waals surface area contributed by atoms with Crippen molar-refractivity contribution in [1.29, 1.82) is 0 Å². The lowest BCUT2D eigenvalue weighted by Crippen LogP contribution is -2.21. The van der Waals surface area contributed by atoms with Crippen molar-refractivity contribution in [1.82, 2.24) is 0 Å². The Morgan fingerprint density at radius 1 is 0.724 bits per heavy atom. The molecule has 0 heterocycles. The largest absolute Gasteiger partial charge is 0.459 e. The average Bonchev–Trinajstić information content (AvgIpc) is 2.70. The first kappa shape index (κ1) is 27.3. The summed E-state index contributed by atoms with van der Waals surface area (Å²) >= 11 is 0. The molecule has 2 N–H and O–H groups in total. The Morgan fingerprint density at radius 3 is 1.69 bits per heavy atom. The van der Waals surface area contributed by atoms with E-state index in [9.17, 15) is 9.59 Å². The van der Waals surface area contributed by atoms with Crippen LogP contribution in [-0.2, 0) is 19.1 Å². The van der Waals surface area contributed by atoms with Gasteiger partial charge in [-0.2, -0.15) is 0 Å². The molecule has 1 atom stereocenters. The number of hydrogen-bond acceptors (Lipinski definition) is 6. The topological polar surface area (TPSA) is 93.1 Å². The second-order valence-electron chi connectivity index (χ2n) is 7.05. The van der Waals surface area contributed by atoms with Crippen molar-refractivity contribution >= 4 is 11.9 Å². The van der Waals surface area contributed by atoms with Crippen LogP contribution in [0.1, 0.15) is 77.0 Å². The third-order valence-corrected chi connectivity index (χ3v) is 4.26. The summed E-state index contributed by atoms with van der Waals surface area (Å²) < 4.78 is 10.1. The Bertz CT molecular complexity index is 458. The number of unbranched alkanes of at least 4 members (excludes halogenated alkanes) is 10. The fourth-order valence-electron chi connectivity index (χ4n) is 2.63. The molecule has 0 bridgehead atoms. The van der Waals surface area contributed by atoms with E-state index in [0.29, 0.717) is 0 Å². The molecule has 0 spiro atoms. The standard InChI is InChI=1S/C23H39O6/c1-21(29-23(27)17-13-9-5-3-7-11-15-19-25)20-28-22(26)16-12-8-4-2-6-10-14-18-24/h12-13,16-17,21,24-25H,1-11,14-15,18-20H2. The van der Waals surface area contributed by atoms with Gasteiger partial charge in [0.05, 0.1) is 0 Å². The second kappa shape index (κ2) is 21.1. The third kappa shape index (κ3) is 20.9. The monoisotopic (exact) mass is 411 g/mol. The van der Waals surface area contributed by atoms with Gasteiger partial charge in [-0.1, -0.05) is 50.7 Å². The van der Waals surface area contributed by atoms with Crippen molar-refractivity contribution in [3.05, 3.63) is 31.2 Å². The smallest absolute Gasteiger partial charge is 0.330 e. The van der Waals surface area contributed by atoms with Crippen molar-refractivity contribution in [2.75, 3.05) is 19.8 Å². The van der Waals surface area contributed by atoms with E-state index in [-0.39, 0.29) is 19.8 Å². The SMILES string of the molecule is [CH2]C(COC(=O)C=CCCCCCCCO)OC(=O)C=CCCCCCCCO. The first-order valence-corrected chi connectivity index (χ1v) is 10.9. The van der Waals surface area contributed by atoms with Crippen LogP contribution >= 0.6 is 0 Å². The van der Waals surface area contributed by atoms with Gasteiger partial charge in [-0.05, 0) is 45.4 Å². The molecule has 0 aromatic carbocycles. The Hall–Kier alpha value is -1.66. The zero-order valence-corrected chi connectivity index (χ0v) is 17.7. The van der Waals surface area contributed by atoms with E-state index in [1.54, 1.807) is 12.2 Å². The second-order valence-corrected chi connectivity index (χ2v) is 7.05. The number of aliphatic hydroxyl groups excluding tert-OH is 2. The minimum absolute atomic E-state index is 0.0746. The van der Waals surface area contributed by atoms with E-state index in [0.717, 1.165) is 77.0 Å². The Kier molecular flexibility index (Phi) is 19.9. The molecule has 0 amide bonds. The van der Waals surface area contributed by atoms with Crippen LogP contribution in [0.15, 0.2) is 24.3 Å². The predicted octanol–water partition coefficient (Wildman–Crippen LogP) is 4.05. The summed E-state index contributed by atoms with van der Waals surface area (Å²) in [6.45, 7) is 4.08. The van der Waals surface area contributed by atoms with Crippen LogP contribution in [0.3, 0.4) is 0 Å². The quantitative estimate of drug-likeness (QED) is 0.189. The van der Waals surface area contributed by atoms with Crippen molar-refractivity contribution in [2.45, 2.75) is 83.2 Å². The maximum Gasteiger partial charge on any atom is 0.330 e. The molecule has 29 heavy (non-hydrogen) atoms. The molecule has 0 aliphatic rings. The van der Waals surface area contributed by atoms with E-state index in [1.807, 2.05) is 0 Å². The van der Waals surface area contributed by atoms with Crippen LogP contribution in [0.2, 0.25) is 0 Å². The summed E-state index contributed by atoms with van der Waals surface area (Å²) in [6.07, 6.45) is 17.3. The van der Waals surface area contributed by atoms with Crippen LogP contribution in [-0.4, -0.2) is 48.1 Å². The first-order chi connectivity index (χ1) is 14.1. The molecule has 0 aromatic rings. The zero-order chi connectivity index (χ0) is 21.6. The Labute approximate surface area is 176 Å². The molecule has 6 heteroatoms. The number of allylic oxidation sites excluding steroid dienone is 2. The molecule has 0 saturated carbocycles. The highest BCUT2D eigenvalue weighted by molar-refractivity contribution is 5.82. The minimum Gasteiger partial charge on any atom is -0.459 e. The molecule has 0 rings (SSSR count). The van der Waals surface area contributed by atoms with E-state index in [4.69, 9.17) is 19.7 Å². The van der Waals surface area contributed by atoms with Gasteiger partial charge in [-0.3, -0.25) is 0 Å². The molecule has 167 valence electrons. The molecule has 0 aliphatic heterocycles. The summed E-state index contributed by atoms with van der Waals surface area (Å²) in [5.41, 5.74) is 0. The summed E-state index contributed by atoms with van der Waals surface area (Å²) in [5, 5.41) is 17.4. The van der Waals surface area contributed by atoms with Gasteiger partial charge < -0.3 is 19.7 Å². The van der Waals surface area contributed by atoms with E-state index < -0.39 is 18.0 Å². The number of carbonyl (C=O) groups is 2. The van der Waals surface area contributed by atoms with Gasteiger partial charge in [0, 0.05) is 25.4 Å². The number of hydrogen-bond donors (Lipinski definition) is 2. The minimum atomic E-state index is -0.741. The van der Waals surface area contributed by atoms with Crippen LogP contribution in [0.5, 0.6) is 0 Å². The molecular weight excluding hydrogens is 372 g/mol. The maximum absolute atomic E-state index is 11.7. The Balaban J connectivity index is 3.68. The average molecular weight is 412 g/mol. The van der Waals surface area contributed by atoms with Gasteiger partial charge in [0.2, 0.25) is 0 Å². The van der Waals surface area contributed by atoms with Gasteiger partial charge in [-0.25, -0.2) is 9.59 Å². The van der Waals surface area contributed by atoms with Crippen molar-refractivity contribution in [2.24, 2.45) is 0 Å². The molecule has 0 aliphatic carbocycles. The van der Waals surface area contributed by atoms with Crippen molar-refractivity contribution in [3.63, 3.8) is 0 Å². The lowest BCUT2D eigenvalue weighted by Gasteiger charge is -2.11. The molecule has 6 nitrogen and oxygen atoms in total. The highest BCUT2D eigenvalue weighted by Crippen LogP contribution is 2.07. The number of aliphatic hydroxyl groups is 2. The summed E-state index contributed by atoms with van der Waals surface area (Å²) in [7, 11) is 0. The van der Waals surface area contributed by atoms with E-state index in [2.05, 4.69) is 6.92 Å². The number of ether oxygens (including phenoxy) is 2. The van der Waals surface area contributed by atoms with Gasteiger partial charge in [0.25, 0.3) is 0 Å². The van der Waals surface area contributed by atoms with Crippen molar-refractivity contribution < 1.29 is 29.3 Å². The van der Waals surface area contributed by atoms with Crippen LogP contribution < -0.4 is 0 Å². The Morgan fingerprint density at radius 2 is 1.17 bits per heavy atom. The van der Waals surface area contributed by atoms with Gasteiger partial charge in [0.15, 0.2) is 0 Å². The first-order valence-electron chi connectivity index (χ1n) is 10.9. The van der Waals surface area contributed by atoms with Gasteiger partial charge in [-0.15, -0.1) is 0 Å². The molecule has 0 saturated heterocycles. The molecule has 0 aromatic heterocycles. The van der Waals surface area contributed by atoms with Crippen LogP contribution in [0.4, 0.5) is 0 Å². The lowest BCUT2D eigenvalue weighted by atomic mass is 10.1. The highest BCUT2D eigenvalue weighted by atomic mass is 16.6. The fourth-order valence-corrected chi connectivity index (χ4v) is 2.63. The van der Waals surface area contributed by atoms with Gasteiger partial charge in [0.1, 0.15) is 12.7 Å². The zero-order valence-electron chi connectivity index (χ0n) is 17.7. The molecule has 0 fully saturated rings. The normalized spacial score (nSPS) is 12.5. The van der Waals surface area contributed by atoms with Gasteiger partial charge >= 0.3 is 11.9 Å². The molecule has 1 unspecified atom stereocenters. The highest BCUT2D eigenvalue weighted by Gasteiger charge is 2.09. The number of esters is 2. The predicted molar refractivity (Wildman–Crippen MR) is 114 cm³/mol. The summed E-state index contributed by atoms with van der Waals surface area (Å²) in [6, 6.07) is 0. The molecular formula is C23H39O6. The van der Waals surface area contributed by atoms with E-state index in [1.165, 1.54) is 12.2 Å². The van der Waals surface area contributed by atoms with Crippen LogP contribution in [0.25, 0.3) is 0 Å².